The maximum atomic E-state index is 12.1. The Kier molecular flexibility index (Phi) is 5.64. The summed E-state index contributed by atoms with van der Waals surface area (Å²) in [5.74, 6) is -0.830. The Hall–Kier alpha value is -3.02. The second kappa shape index (κ2) is 8.12. The molecule has 2 aromatic rings. The lowest BCUT2D eigenvalue weighted by atomic mass is 9.98. The summed E-state index contributed by atoms with van der Waals surface area (Å²) in [6.07, 6.45) is 1.64. The number of methoxy groups -OCH3 is 1. The van der Waals surface area contributed by atoms with Crippen LogP contribution in [-0.4, -0.2) is 64.1 Å². The van der Waals surface area contributed by atoms with Crippen molar-refractivity contribution in [2.75, 3.05) is 32.5 Å². The lowest BCUT2D eigenvalue weighted by Gasteiger charge is -2.28. The number of nitrogens with zero attached hydrogens (tertiary/aromatic N) is 5. The van der Waals surface area contributed by atoms with Gasteiger partial charge in [0.2, 0.25) is 11.6 Å². The largest absolute Gasteiger partial charge is 0.466 e. The lowest BCUT2D eigenvalue weighted by molar-refractivity contribution is -0.921. The van der Waals surface area contributed by atoms with Gasteiger partial charge in [0.15, 0.2) is 5.69 Å². The third-order valence-corrected chi connectivity index (χ3v) is 4.49. The summed E-state index contributed by atoms with van der Waals surface area (Å²) in [5.41, 5.74) is 6.27. The molecular formula is C15H22N7O5+. The molecule has 1 unspecified atom stereocenters. The summed E-state index contributed by atoms with van der Waals surface area (Å²) < 4.78 is 15.9. The van der Waals surface area contributed by atoms with E-state index in [2.05, 4.69) is 25.3 Å². The van der Waals surface area contributed by atoms with Crippen LogP contribution in [0.2, 0.25) is 0 Å². The number of piperidine rings is 1. The van der Waals surface area contributed by atoms with E-state index < -0.39 is 5.97 Å². The molecule has 3 N–H and O–H groups in total. The molecule has 0 aliphatic carbocycles. The zero-order valence-corrected chi connectivity index (χ0v) is 15.2. The first kappa shape index (κ1) is 18.8. The van der Waals surface area contributed by atoms with Gasteiger partial charge in [0.25, 0.3) is 0 Å². The van der Waals surface area contributed by atoms with Crippen LogP contribution in [0.15, 0.2) is 4.63 Å². The van der Waals surface area contributed by atoms with Gasteiger partial charge >= 0.3 is 11.9 Å². The normalized spacial score (nSPS) is 19.6. The first-order valence-corrected chi connectivity index (χ1v) is 8.66. The van der Waals surface area contributed by atoms with E-state index in [0.29, 0.717) is 25.4 Å². The van der Waals surface area contributed by atoms with Crippen LogP contribution in [0.5, 0.6) is 0 Å². The second-order valence-electron chi connectivity index (χ2n) is 6.23. The predicted molar refractivity (Wildman–Crippen MR) is 88.7 cm³/mol. The van der Waals surface area contributed by atoms with Crippen molar-refractivity contribution < 1.29 is 28.6 Å². The molecule has 0 saturated carbocycles. The molecule has 2 aromatic heterocycles. The molecule has 1 aliphatic heterocycles. The molecule has 0 amide bonds. The van der Waals surface area contributed by atoms with Crippen molar-refractivity contribution in [2.24, 2.45) is 5.92 Å². The lowest BCUT2D eigenvalue weighted by Crippen LogP contribution is -3.12. The molecule has 3 heterocycles. The number of nitrogens with two attached hydrogens (primary N) is 1. The minimum Gasteiger partial charge on any atom is -0.466 e. The van der Waals surface area contributed by atoms with Gasteiger partial charge in [0.05, 0.1) is 26.8 Å². The van der Waals surface area contributed by atoms with Gasteiger partial charge in [-0.05, 0) is 30.1 Å². The molecule has 12 nitrogen and oxygen atoms in total. The monoisotopic (exact) mass is 380 g/mol. The first-order valence-electron chi connectivity index (χ1n) is 8.66. The summed E-state index contributed by atoms with van der Waals surface area (Å²) in [4.78, 5) is 25.3. The van der Waals surface area contributed by atoms with E-state index in [1.165, 1.54) is 11.8 Å². The molecule has 0 radical (unpaired) electrons. The third kappa shape index (κ3) is 3.89. The number of rotatable bonds is 6. The third-order valence-electron chi connectivity index (χ3n) is 4.49. The van der Waals surface area contributed by atoms with Crippen molar-refractivity contribution in [3.8, 4) is 5.82 Å². The van der Waals surface area contributed by atoms with Gasteiger partial charge in [-0.15, -0.1) is 5.10 Å². The van der Waals surface area contributed by atoms with Crippen molar-refractivity contribution in [3.63, 3.8) is 0 Å². The second-order valence-corrected chi connectivity index (χ2v) is 6.23. The Morgan fingerprint density at radius 2 is 2.22 bits per heavy atom. The smallest absolute Gasteiger partial charge is 0.360 e. The minimum atomic E-state index is -0.621. The number of nitrogen functional groups attached to an aromatic ring is 1. The SMILES string of the molecule is CCOC(=O)[C@@H]1CCC[NH+](Cc2c(C(=O)OC)nnn2-c2nonc2N)C1. The predicted octanol–water partition coefficient (Wildman–Crippen LogP) is -1.62. The van der Waals surface area contributed by atoms with E-state index in [1.54, 1.807) is 6.92 Å². The molecule has 12 heteroatoms. The van der Waals surface area contributed by atoms with Crippen LogP contribution in [0.4, 0.5) is 5.82 Å². The van der Waals surface area contributed by atoms with Crippen LogP contribution in [0.1, 0.15) is 35.9 Å². The van der Waals surface area contributed by atoms with Crippen molar-refractivity contribution in [3.05, 3.63) is 11.4 Å². The van der Waals surface area contributed by atoms with Crippen molar-refractivity contribution in [1.29, 1.82) is 0 Å². The Balaban J connectivity index is 1.86. The Morgan fingerprint density at radius 3 is 2.89 bits per heavy atom. The quantitative estimate of drug-likeness (QED) is 0.559. The summed E-state index contributed by atoms with van der Waals surface area (Å²) in [6, 6.07) is 0. The van der Waals surface area contributed by atoms with E-state index in [1.807, 2.05) is 0 Å². The molecule has 0 spiro atoms. The fourth-order valence-corrected chi connectivity index (χ4v) is 3.23. The Labute approximate surface area is 154 Å². The van der Waals surface area contributed by atoms with Gasteiger partial charge in [-0.2, -0.15) is 4.68 Å². The average Bonchev–Trinajstić information content (AvgIpc) is 3.27. The number of nitrogens with one attached hydrogen (secondary N) is 1. The number of anilines is 1. The number of carbonyl (C=O) groups excluding carboxylic acids is 2. The molecule has 27 heavy (non-hydrogen) atoms. The number of hydrogen-bond donors (Lipinski definition) is 2. The highest BCUT2D eigenvalue weighted by atomic mass is 16.6. The van der Waals surface area contributed by atoms with Crippen LogP contribution in [0, 0.1) is 5.92 Å². The number of ether oxygens (including phenoxy) is 2. The highest BCUT2D eigenvalue weighted by Crippen LogP contribution is 2.16. The van der Waals surface area contributed by atoms with Crippen molar-refractivity contribution in [2.45, 2.75) is 26.3 Å². The summed E-state index contributed by atoms with van der Waals surface area (Å²) in [5, 5.41) is 15.1. The van der Waals surface area contributed by atoms with Crippen LogP contribution in [0.25, 0.3) is 5.82 Å². The van der Waals surface area contributed by atoms with Gasteiger partial charge in [-0.3, -0.25) is 4.79 Å². The van der Waals surface area contributed by atoms with E-state index in [4.69, 9.17) is 15.2 Å². The number of likely N-dealkylation sites (tertiary alicyclic amines) is 1. The number of carbonyl (C=O) groups is 2. The number of hydrogen-bond acceptors (Lipinski definition) is 10. The zero-order valence-electron chi connectivity index (χ0n) is 15.2. The van der Waals surface area contributed by atoms with Gasteiger partial charge in [0.1, 0.15) is 18.2 Å². The highest BCUT2D eigenvalue weighted by Gasteiger charge is 2.33. The Bertz CT molecular complexity index is 817. The van der Waals surface area contributed by atoms with Gasteiger partial charge < -0.3 is 20.1 Å². The average molecular weight is 380 g/mol. The molecule has 2 atom stereocenters. The molecule has 1 aliphatic rings. The summed E-state index contributed by atoms with van der Waals surface area (Å²) in [6.45, 7) is 3.92. The summed E-state index contributed by atoms with van der Waals surface area (Å²) >= 11 is 0. The number of quaternary nitrogens is 1. The number of esters is 2. The molecule has 0 bridgehead atoms. The maximum absolute atomic E-state index is 12.1. The van der Waals surface area contributed by atoms with E-state index in [9.17, 15) is 9.59 Å². The molecule has 146 valence electrons. The standard InChI is InChI=1S/C15H21N7O5/c1-3-26-14(23)9-5-4-6-21(7-9)8-10-11(15(24)25-2)17-20-22(10)13-12(16)18-27-19-13/h9H,3-8H2,1-2H3,(H2,16,18)/p+1/t9-/m1/s1. The fraction of sp³-hybridized carbons (Fsp3) is 0.600. The first-order chi connectivity index (χ1) is 13.0. The van der Waals surface area contributed by atoms with Crippen LogP contribution in [-0.2, 0) is 20.8 Å². The van der Waals surface area contributed by atoms with Crippen molar-refractivity contribution in [1.82, 2.24) is 25.3 Å². The molecule has 0 aromatic carbocycles. The van der Waals surface area contributed by atoms with Crippen LogP contribution in [0.3, 0.4) is 0 Å². The minimum absolute atomic E-state index is 0.0237. The fourth-order valence-electron chi connectivity index (χ4n) is 3.23. The van der Waals surface area contributed by atoms with Gasteiger partial charge in [0, 0.05) is 0 Å². The maximum Gasteiger partial charge on any atom is 0.360 e. The summed E-state index contributed by atoms with van der Waals surface area (Å²) in [7, 11) is 1.27. The van der Waals surface area contributed by atoms with E-state index in [0.717, 1.165) is 24.3 Å². The zero-order chi connectivity index (χ0) is 19.4. The Morgan fingerprint density at radius 1 is 1.41 bits per heavy atom. The van der Waals surface area contributed by atoms with Crippen molar-refractivity contribution >= 4 is 17.8 Å². The molecular weight excluding hydrogens is 358 g/mol. The highest BCUT2D eigenvalue weighted by molar-refractivity contribution is 5.88. The molecule has 3 rings (SSSR count). The van der Waals surface area contributed by atoms with Crippen LogP contribution >= 0.6 is 0 Å². The van der Waals surface area contributed by atoms with Crippen LogP contribution < -0.4 is 10.6 Å². The number of aromatic nitrogens is 5. The molecule has 1 saturated heterocycles. The van der Waals surface area contributed by atoms with Gasteiger partial charge in [-0.25, -0.2) is 9.42 Å². The van der Waals surface area contributed by atoms with Gasteiger partial charge in [-0.1, -0.05) is 5.21 Å². The molecule has 1 fully saturated rings. The van der Waals surface area contributed by atoms with E-state index >= 15 is 0 Å². The van der Waals surface area contributed by atoms with E-state index in [-0.39, 0.29) is 29.2 Å². The topological polar surface area (TPSA) is 153 Å².